The maximum atomic E-state index is 11.4. The van der Waals surface area contributed by atoms with E-state index < -0.39 is 5.91 Å². The van der Waals surface area contributed by atoms with Crippen LogP contribution in [0.5, 0.6) is 11.6 Å². The van der Waals surface area contributed by atoms with Crippen LogP contribution in [0.1, 0.15) is 27.2 Å². The van der Waals surface area contributed by atoms with Gasteiger partial charge in [-0.2, -0.15) is 0 Å². The summed E-state index contributed by atoms with van der Waals surface area (Å²) in [6.45, 7) is 2.34. The number of thiocarbonyl (C=S) groups is 1. The lowest BCUT2D eigenvalue weighted by Gasteiger charge is -2.13. The predicted octanol–water partition coefficient (Wildman–Crippen LogP) is 3.15. The van der Waals surface area contributed by atoms with Gasteiger partial charge in [-0.1, -0.05) is 42.0 Å². The molecule has 0 saturated carbocycles. The number of carbonyl (C=O) groups excluding carboxylic acids is 1. The number of benzene rings is 2. The summed E-state index contributed by atoms with van der Waals surface area (Å²) in [6, 6.07) is 15.4. The Hall–Kier alpha value is -3.19. The van der Waals surface area contributed by atoms with Crippen LogP contribution in [0.2, 0.25) is 0 Å². The number of nitrogens with two attached hydrogens (primary N) is 1. The number of aromatic nitrogens is 2. The van der Waals surface area contributed by atoms with E-state index in [0.717, 1.165) is 11.1 Å². The summed E-state index contributed by atoms with van der Waals surface area (Å²) in [7, 11) is 0. The van der Waals surface area contributed by atoms with Gasteiger partial charge in [-0.25, -0.2) is 4.98 Å². The monoisotopic (exact) mass is 367 g/mol. The number of primary amides is 1. The third-order valence-corrected chi connectivity index (χ3v) is 3.94. The Morgan fingerprint density at radius 1 is 1.23 bits per heavy atom. The number of imidazole rings is 1. The minimum absolute atomic E-state index is 0.0398. The van der Waals surface area contributed by atoms with Gasteiger partial charge < -0.3 is 20.2 Å². The molecule has 0 bridgehead atoms. The molecule has 6 nitrogen and oxygen atoms in total. The summed E-state index contributed by atoms with van der Waals surface area (Å²) < 4.78 is 11.5. The van der Waals surface area contributed by atoms with Gasteiger partial charge in [0.05, 0.1) is 11.9 Å². The third-order valence-electron chi connectivity index (χ3n) is 3.63. The van der Waals surface area contributed by atoms with Gasteiger partial charge in [0.1, 0.15) is 12.4 Å². The maximum Gasteiger partial charge on any atom is 0.270 e. The molecule has 1 aromatic heterocycles. The highest BCUT2D eigenvalue weighted by molar-refractivity contribution is 7.80. The topological polar surface area (TPSA) is 90.2 Å². The Bertz CT molecular complexity index is 938. The first-order chi connectivity index (χ1) is 12.5. The SMILES string of the molecule is Cc1ccc(OCc2ccccc2)c(C(=S)Oc2nc[nH]c2C(N)=O)c1. The highest BCUT2D eigenvalue weighted by Gasteiger charge is 2.18. The summed E-state index contributed by atoms with van der Waals surface area (Å²) in [5.41, 5.74) is 7.98. The second kappa shape index (κ2) is 7.79. The molecular weight excluding hydrogens is 350 g/mol. The molecule has 3 rings (SSSR count). The van der Waals surface area contributed by atoms with Crippen LogP contribution in [-0.2, 0) is 6.61 Å². The lowest BCUT2D eigenvalue weighted by Crippen LogP contribution is -2.16. The molecule has 0 aliphatic carbocycles. The van der Waals surface area contributed by atoms with Crippen LogP contribution in [0.3, 0.4) is 0 Å². The first kappa shape index (κ1) is 17.6. The summed E-state index contributed by atoms with van der Waals surface area (Å²) >= 11 is 5.38. The number of amides is 1. The number of hydrogen-bond acceptors (Lipinski definition) is 5. The number of ether oxygens (including phenoxy) is 2. The highest BCUT2D eigenvalue weighted by atomic mass is 32.1. The second-order valence-corrected chi connectivity index (χ2v) is 5.98. The number of nitrogens with one attached hydrogen (secondary N) is 1. The van der Waals surface area contributed by atoms with Gasteiger partial charge in [-0.15, -0.1) is 0 Å². The predicted molar refractivity (Wildman–Crippen MR) is 101 cm³/mol. The average molecular weight is 367 g/mol. The van der Waals surface area contributed by atoms with Gasteiger partial charge in [0.25, 0.3) is 11.8 Å². The van der Waals surface area contributed by atoms with Gasteiger partial charge in [0.2, 0.25) is 5.05 Å². The lowest BCUT2D eigenvalue weighted by molar-refractivity contribution is 0.0994. The zero-order valence-corrected chi connectivity index (χ0v) is 14.9. The van der Waals surface area contributed by atoms with E-state index in [2.05, 4.69) is 9.97 Å². The molecule has 0 spiro atoms. The summed E-state index contributed by atoms with van der Waals surface area (Å²) in [4.78, 5) is 18.0. The number of aryl methyl sites for hydroxylation is 1. The van der Waals surface area contributed by atoms with Crippen LogP contribution in [0.4, 0.5) is 0 Å². The number of H-pyrrole nitrogens is 1. The van der Waals surface area contributed by atoms with E-state index >= 15 is 0 Å². The molecule has 0 saturated heterocycles. The average Bonchev–Trinajstić information content (AvgIpc) is 3.10. The van der Waals surface area contributed by atoms with E-state index in [-0.39, 0.29) is 16.6 Å². The Labute approximate surface area is 156 Å². The zero-order valence-electron chi connectivity index (χ0n) is 14.1. The fourth-order valence-corrected chi connectivity index (χ4v) is 2.58. The third kappa shape index (κ3) is 4.07. The quantitative estimate of drug-likeness (QED) is 0.653. The zero-order chi connectivity index (χ0) is 18.5. The highest BCUT2D eigenvalue weighted by Crippen LogP contribution is 2.24. The van der Waals surface area contributed by atoms with Crippen LogP contribution in [0.25, 0.3) is 0 Å². The number of aromatic amines is 1. The van der Waals surface area contributed by atoms with Crippen molar-refractivity contribution < 1.29 is 14.3 Å². The molecule has 3 N–H and O–H groups in total. The fourth-order valence-electron chi connectivity index (χ4n) is 2.34. The van der Waals surface area contributed by atoms with Gasteiger partial charge in [-0.05, 0) is 36.8 Å². The van der Waals surface area contributed by atoms with Crippen molar-refractivity contribution in [2.24, 2.45) is 5.73 Å². The number of rotatable bonds is 6. The van der Waals surface area contributed by atoms with Crippen molar-refractivity contribution in [2.45, 2.75) is 13.5 Å². The van der Waals surface area contributed by atoms with Gasteiger partial charge in [-0.3, -0.25) is 4.79 Å². The van der Waals surface area contributed by atoms with E-state index in [9.17, 15) is 4.79 Å². The van der Waals surface area contributed by atoms with Crippen LogP contribution in [0, 0.1) is 6.92 Å². The molecule has 1 heterocycles. The minimum Gasteiger partial charge on any atom is -0.488 e. The van der Waals surface area contributed by atoms with Crippen LogP contribution in [-0.4, -0.2) is 20.9 Å². The Morgan fingerprint density at radius 3 is 2.73 bits per heavy atom. The molecule has 26 heavy (non-hydrogen) atoms. The molecule has 1 amide bonds. The lowest BCUT2D eigenvalue weighted by atomic mass is 10.1. The van der Waals surface area contributed by atoms with Crippen molar-refractivity contribution in [3.05, 3.63) is 77.2 Å². The number of nitrogens with zero attached hydrogens (tertiary/aromatic N) is 1. The van der Waals surface area contributed by atoms with Crippen molar-refractivity contribution in [2.75, 3.05) is 0 Å². The second-order valence-electron chi connectivity index (χ2n) is 5.61. The van der Waals surface area contributed by atoms with Crippen molar-refractivity contribution >= 4 is 23.2 Å². The van der Waals surface area contributed by atoms with E-state index in [1.165, 1.54) is 6.33 Å². The van der Waals surface area contributed by atoms with E-state index in [4.69, 9.17) is 27.4 Å². The minimum atomic E-state index is -0.676. The molecule has 3 aromatic rings. The Morgan fingerprint density at radius 2 is 2.00 bits per heavy atom. The van der Waals surface area contributed by atoms with Crippen LogP contribution < -0.4 is 15.2 Å². The fraction of sp³-hybridized carbons (Fsp3) is 0.105. The molecule has 0 aliphatic rings. The summed E-state index contributed by atoms with van der Waals surface area (Å²) in [5, 5.41) is 0.145. The van der Waals surface area contributed by atoms with Gasteiger partial charge in [0, 0.05) is 0 Å². The van der Waals surface area contributed by atoms with E-state index in [1.807, 2.05) is 55.5 Å². The first-order valence-electron chi connectivity index (χ1n) is 7.87. The van der Waals surface area contributed by atoms with Crippen molar-refractivity contribution in [3.8, 4) is 11.6 Å². The largest absolute Gasteiger partial charge is 0.488 e. The van der Waals surface area contributed by atoms with Crippen LogP contribution in [0.15, 0.2) is 54.9 Å². The molecule has 0 fully saturated rings. The van der Waals surface area contributed by atoms with Gasteiger partial charge in [0.15, 0.2) is 5.69 Å². The molecule has 7 heteroatoms. The summed E-state index contributed by atoms with van der Waals surface area (Å²) in [5.74, 6) is -0.0521. The number of carbonyl (C=O) groups is 1. The van der Waals surface area contributed by atoms with Crippen LogP contribution >= 0.6 is 12.2 Å². The smallest absolute Gasteiger partial charge is 0.270 e. The Balaban J connectivity index is 1.81. The van der Waals surface area contributed by atoms with Gasteiger partial charge >= 0.3 is 0 Å². The van der Waals surface area contributed by atoms with Crippen molar-refractivity contribution in [1.29, 1.82) is 0 Å². The molecule has 132 valence electrons. The number of hydrogen-bond donors (Lipinski definition) is 2. The Kier molecular flexibility index (Phi) is 5.28. The molecular formula is C19H17N3O3S. The summed E-state index contributed by atoms with van der Waals surface area (Å²) in [6.07, 6.45) is 1.32. The molecule has 0 unspecified atom stereocenters. The molecule has 0 atom stereocenters. The standard InChI is InChI=1S/C19H17N3O3S/c1-12-7-8-15(24-10-13-5-3-2-4-6-13)14(9-12)19(26)25-18-16(17(20)23)21-11-22-18/h2-9,11H,10H2,1H3,(H2,20,23)(H,21,22). The molecule has 0 radical (unpaired) electrons. The normalized spacial score (nSPS) is 10.3. The van der Waals surface area contributed by atoms with Crippen molar-refractivity contribution in [3.63, 3.8) is 0 Å². The van der Waals surface area contributed by atoms with E-state index in [0.29, 0.717) is 17.9 Å². The molecule has 0 aliphatic heterocycles. The van der Waals surface area contributed by atoms with Crippen molar-refractivity contribution in [1.82, 2.24) is 9.97 Å². The van der Waals surface area contributed by atoms with E-state index in [1.54, 1.807) is 0 Å². The maximum absolute atomic E-state index is 11.4. The first-order valence-corrected chi connectivity index (χ1v) is 8.28. The molecule has 2 aromatic carbocycles.